The Hall–Kier alpha value is -0.190. The molecule has 3 amide bonds. The van der Waals surface area contributed by atoms with Crippen LogP contribution in [0.1, 0.15) is 41.5 Å². The minimum absolute atomic E-state index is 0.0869. The maximum atomic E-state index is 12.0. The Labute approximate surface area is 193 Å². The maximum Gasteiger partial charge on any atom is 0.236 e. The number of halogens is 3. The average molecular weight is 593 g/mol. The van der Waals surface area contributed by atoms with E-state index in [-0.39, 0.29) is 17.7 Å². The van der Waals surface area contributed by atoms with Crippen molar-refractivity contribution in [3.05, 3.63) is 0 Å². The van der Waals surface area contributed by atoms with E-state index in [2.05, 4.69) is 68.6 Å². The van der Waals surface area contributed by atoms with Gasteiger partial charge in [0, 0.05) is 39.3 Å². The fourth-order valence-corrected chi connectivity index (χ4v) is 2.37. The molecule has 0 aliphatic carbocycles. The molecule has 0 rings (SSSR count). The molecule has 10 heteroatoms. The second-order valence-electron chi connectivity index (χ2n) is 8.03. The Bertz CT molecular complexity index is 462. The average Bonchev–Trinajstić information content (AvgIpc) is 2.51. The molecule has 0 bridgehead atoms. The van der Waals surface area contributed by atoms with E-state index in [9.17, 15) is 14.4 Å². The summed E-state index contributed by atoms with van der Waals surface area (Å²) in [5.74, 6) is -0.261. The van der Waals surface area contributed by atoms with Gasteiger partial charge in [0.25, 0.3) is 0 Å². The number of hydrogen-bond donors (Lipinski definition) is 3. The van der Waals surface area contributed by atoms with E-state index in [1.807, 2.05) is 0 Å². The van der Waals surface area contributed by atoms with Gasteiger partial charge in [-0.2, -0.15) is 0 Å². The third-order valence-corrected chi connectivity index (χ3v) is 4.84. The van der Waals surface area contributed by atoms with Crippen LogP contribution in [0.25, 0.3) is 0 Å². The van der Waals surface area contributed by atoms with Crippen LogP contribution in [0.5, 0.6) is 0 Å². The van der Waals surface area contributed by atoms with E-state index in [0.717, 1.165) is 0 Å². The molecule has 0 aliphatic rings. The minimum Gasteiger partial charge on any atom is -0.354 e. The molecule has 0 aliphatic heterocycles. The first-order valence-electron chi connectivity index (χ1n) is 9.19. The van der Waals surface area contributed by atoms with Crippen molar-refractivity contribution in [2.45, 2.75) is 54.5 Å². The molecule has 0 aromatic heterocycles. The van der Waals surface area contributed by atoms with Crippen molar-refractivity contribution in [1.82, 2.24) is 20.9 Å². The molecule has 0 saturated heterocycles. The summed E-state index contributed by atoms with van der Waals surface area (Å²) in [4.78, 5) is 38.0. The molecule has 3 N–H and O–H groups in total. The third kappa shape index (κ3) is 12.4. The van der Waals surface area contributed by atoms with Crippen LogP contribution in [0.3, 0.4) is 0 Å². The number of carbonyl (C=O) groups is 3. The second-order valence-corrected chi connectivity index (χ2v) is 14.0. The van der Waals surface area contributed by atoms with Crippen molar-refractivity contribution in [3.63, 3.8) is 0 Å². The highest BCUT2D eigenvalue weighted by Crippen LogP contribution is 2.16. The quantitative estimate of drug-likeness (QED) is 0.303. The van der Waals surface area contributed by atoms with Crippen LogP contribution in [-0.2, 0) is 14.4 Å². The molecule has 0 spiro atoms. The Balaban J connectivity index is 4.58. The summed E-state index contributed by atoms with van der Waals surface area (Å²) < 4.78 is -1.87. The summed E-state index contributed by atoms with van der Waals surface area (Å²) in [5.41, 5.74) is 0. The lowest BCUT2D eigenvalue weighted by Gasteiger charge is -2.25. The predicted molar refractivity (Wildman–Crippen MR) is 124 cm³/mol. The maximum absolute atomic E-state index is 12.0. The topological polar surface area (TPSA) is 90.5 Å². The van der Waals surface area contributed by atoms with Crippen molar-refractivity contribution in [2.75, 3.05) is 39.3 Å². The zero-order valence-corrected chi connectivity index (χ0v) is 22.3. The Kier molecular flexibility index (Phi) is 11.8. The molecule has 0 aromatic carbocycles. The number of hydrogen-bond acceptors (Lipinski definition) is 4. The molecule has 0 saturated carbocycles. The second kappa shape index (κ2) is 11.9. The number of rotatable bonds is 12. The van der Waals surface area contributed by atoms with Crippen LogP contribution in [0.15, 0.2) is 0 Å². The summed E-state index contributed by atoms with van der Waals surface area (Å²) in [5, 5.41) is 8.65. The third-order valence-electron chi connectivity index (χ3n) is 3.76. The van der Waals surface area contributed by atoms with Crippen LogP contribution in [0, 0.1) is 0 Å². The summed E-state index contributed by atoms with van der Waals surface area (Å²) in [6.07, 6.45) is 0. The molecule has 0 unspecified atom stereocenters. The predicted octanol–water partition coefficient (Wildman–Crippen LogP) is 2.16. The van der Waals surface area contributed by atoms with Gasteiger partial charge >= 0.3 is 0 Å². The summed E-state index contributed by atoms with van der Waals surface area (Å²) in [6, 6.07) is 0. The van der Waals surface area contributed by atoms with Gasteiger partial charge in [-0.15, -0.1) is 0 Å². The molecule has 0 radical (unpaired) electrons. The number of carbonyl (C=O) groups excluding carboxylic acids is 3. The van der Waals surface area contributed by atoms with Gasteiger partial charge in [-0.05, 0) is 41.5 Å². The van der Waals surface area contributed by atoms with Crippen molar-refractivity contribution in [2.24, 2.45) is 0 Å². The molecular formula is C18H33Br3N4O3. The Morgan fingerprint density at radius 2 is 0.821 bits per heavy atom. The van der Waals surface area contributed by atoms with E-state index in [0.29, 0.717) is 39.3 Å². The van der Waals surface area contributed by atoms with Crippen LogP contribution in [0.4, 0.5) is 0 Å². The van der Waals surface area contributed by atoms with Gasteiger partial charge in [0.15, 0.2) is 0 Å². The minimum atomic E-state index is -0.622. The standard InChI is InChI=1S/C18H33Br3N4O3/c1-16(2,19)13(26)22-7-10-25(11-8-23-14(27)17(3,4)20)12-9-24-15(28)18(5,6)21/h7-12H2,1-6H3,(H,22,26)(H,23,27)(H,24,28). The first-order valence-corrected chi connectivity index (χ1v) is 11.6. The molecule has 0 fully saturated rings. The van der Waals surface area contributed by atoms with Gasteiger partial charge in [-0.3, -0.25) is 19.3 Å². The van der Waals surface area contributed by atoms with Crippen molar-refractivity contribution >= 4 is 65.5 Å². The molecule has 28 heavy (non-hydrogen) atoms. The fourth-order valence-electron chi connectivity index (χ4n) is 1.95. The highest BCUT2D eigenvalue weighted by molar-refractivity contribution is 9.10. The van der Waals surface area contributed by atoms with E-state index in [4.69, 9.17) is 0 Å². The number of nitrogens with zero attached hydrogens (tertiary/aromatic N) is 1. The first kappa shape index (κ1) is 27.8. The summed E-state index contributed by atoms with van der Waals surface area (Å²) >= 11 is 10.0. The first-order chi connectivity index (χ1) is 12.5. The lowest BCUT2D eigenvalue weighted by Crippen LogP contribution is -2.47. The van der Waals surface area contributed by atoms with E-state index < -0.39 is 13.0 Å². The Morgan fingerprint density at radius 3 is 1.00 bits per heavy atom. The molecule has 0 aromatic rings. The van der Waals surface area contributed by atoms with Gasteiger partial charge in [-0.25, -0.2) is 0 Å². The van der Waals surface area contributed by atoms with Crippen LogP contribution in [-0.4, -0.2) is 74.9 Å². The van der Waals surface area contributed by atoms with Gasteiger partial charge in [0.2, 0.25) is 17.7 Å². The van der Waals surface area contributed by atoms with Crippen LogP contribution >= 0.6 is 47.8 Å². The molecule has 7 nitrogen and oxygen atoms in total. The lowest BCUT2D eigenvalue weighted by molar-refractivity contribution is -0.123. The zero-order chi connectivity index (χ0) is 22.2. The summed E-state index contributed by atoms with van der Waals surface area (Å²) in [6.45, 7) is 14.0. The zero-order valence-electron chi connectivity index (χ0n) is 17.5. The van der Waals surface area contributed by atoms with Gasteiger partial charge < -0.3 is 16.0 Å². The Morgan fingerprint density at radius 1 is 0.607 bits per heavy atom. The SMILES string of the molecule is CC(C)(Br)C(=O)NCCN(CCNC(=O)C(C)(C)Br)CCNC(=O)C(C)(C)Br. The van der Waals surface area contributed by atoms with Crippen LogP contribution < -0.4 is 16.0 Å². The molecular weight excluding hydrogens is 560 g/mol. The number of amides is 3. The van der Waals surface area contributed by atoms with Gasteiger partial charge in [0.05, 0.1) is 13.0 Å². The van der Waals surface area contributed by atoms with Crippen molar-refractivity contribution in [3.8, 4) is 0 Å². The molecule has 164 valence electrons. The molecule has 0 heterocycles. The molecule has 0 atom stereocenters. The van der Waals surface area contributed by atoms with Crippen molar-refractivity contribution < 1.29 is 14.4 Å². The van der Waals surface area contributed by atoms with Gasteiger partial charge in [0.1, 0.15) is 0 Å². The number of nitrogens with one attached hydrogen (secondary N) is 3. The monoisotopic (exact) mass is 590 g/mol. The summed E-state index contributed by atoms with van der Waals surface area (Å²) in [7, 11) is 0. The lowest BCUT2D eigenvalue weighted by atomic mass is 10.2. The van der Waals surface area contributed by atoms with Crippen LogP contribution in [0.2, 0.25) is 0 Å². The van der Waals surface area contributed by atoms with E-state index in [1.54, 1.807) is 41.5 Å². The van der Waals surface area contributed by atoms with E-state index >= 15 is 0 Å². The number of alkyl halides is 3. The highest BCUT2D eigenvalue weighted by atomic mass is 79.9. The highest BCUT2D eigenvalue weighted by Gasteiger charge is 2.25. The largest absolute Gasteiger partial charge is 0.354 e. The smallest absolute Gasteiger partial charge is 0.236 e. The van der Waals surface area contributed by atoms with Crippen molar-refractivity contribution in [1.29, 1.82) is 0 Å². The van der Waals surface area contributed by atoms with E-state index in [1.165, 1.54) is 0 Å². The fraction of sp³-hybridized carbons (Fsp3) is 0.833. The normalized spacial score (nSPS) is 12.6. The van der Waals surface area contributed by atoms with Gasteiger partial charge in [-0.1, -0.05) is 47.8 Å².